The van der Waals surface area contributed by atoms with Crippen molar-refractivity contribution >= 4 is 27.5 Å². The molecule has 0 aromatic carbocycles. The normalized spacial score (nSPS) is 33.9. The smallest absolute Gasteiger partial charge is 0.121 e. The molecule has 0 radical (unpaired) electrons. The number of alkyl halides is 1. The van der Waals surface area contributed by atoms with E-state index in [2.05, 4.69) is 22.9 Å². The van der Waals surface area contributed by atoms with Gasteiger partial charge in [0.1, 0.15) is 5.76 Å². The summed E-state index contributed by atoms with van der Waals surface area (Å²) in [5.41, 5.74) is 0. The summed E-state index contributed by atoms with van der Waals surface area (Å²) in [4.78, 5) is 0. The second-order valence-corrected chi connectivity index (χ2v) is 5.11. The summed E-state index contributed by atoms with van der Waals surface area (Å²) in [5.74, 6) is 2.08. The van der Waals surface area contributed by atoms with Crippen LogP contribution in [0.2, 0.25) is 0 Å². The number of rotatable bonds is 1. The molecule has 0 N–H and O–H groups in total. The third kappa shape index (κ3) is 1.66. The maximum absolute atomic E-state index is 6.17. The van der Waals surface area contributed by atoms with Crippen LogP contribution in [0.1, 0.15) is 31.4 Å². The lowest BCUT2D eigenvalue weighted by molar-refractivity contribution is 0.413. The molecule has 1 aliphatic carbocycles. The molecule has 1 heterocycles. The first kappa shape index (κ1) is 9.60. The molecule has 0 aliphatic heterocycles. The van der Waals surface area contributed by atoms with E-state index in [1.165, 1.54) is 0 Å². The van der Waals surface area contributed by atoms with Crippen molar-refractivity contribution in [1.29, 1.82) is 0 Å². The highest BCUT2D eigenvalue weighted by Gasteiger charge is 2.35. The Morgan fingerprint density at radius 1 is 1.54 bits per heavy atom. The van der Waals surface area contributed by atoms with E-state index in [1.807, 2.05) is 6.07 Å². The van der Waals surface area contributed by atoms with Gasteiger partial charge in [0, 0.05) is 11.3 Å². The standard InChI is InChI=1S/C10H12BrClO/c1-6-7(2-3-9(6)12)10-8(11)4-5-13-10/h4-7,9H,2-3H2,1H3. The first-order valence-corrected chi connectivity index (χ1v) is 5.80. The van der Waals surface area contributed by atoms with Crippen LogP contribution in [0.4, 0.5) is 0 Å². The molecule has 3 heteroatoms. The first-order valence-electron chi connectivity index (χ1n) is 4.57. The van der Waals surface area contributed by atoms with Gasteiger partial charge in [-0.15, -0.1) is 11.6 Å². The van der Waals surface area contributed by atoms with Crippen LogP contribution in [0, 0.1) is 5.92 Å². The molecule has 1 fully saturated rings. The molecule has 1 nitrogen and oxygen atoms in total. The quantitative estimate of drug-likeness (QED) is 0.693. The van der Waals surface area contributed by atoms with Gasteiger partial charge in [-0.05, 0) is 40.8 Å². The Hall–Kier alpha value is 0.0500. The Morgan fingerprint density at radius 2 is 2.31 bits per heavy atom. The van der Waals surface area contributed by atoms with E-state index in [0.29, 0.717) is 17.2 Å². The van der Waals surface area contributed by atoms with Crippen LogP contribution < -0.4 is 0 Å². The van der Waals surface area contributed by atoms with Gasteiger partial charge >= 0.3 is 0 Å². The van der Waals surface area contributed by atoms with Crippen LogP contribution in [0.5, 0.6) is 0 Å². The monoisotopic (exact) mass is 262 g/mol. The Morgan fingerprint density at radius 3 is 2.77 bits per heavy atom. The lowest BCUT2D eigenvalue weighted by Gasteiger charge is -2.14. The molecule has 1 aromatic rings. The average Bonchev–Trinajstić information content (AvgIpc) is 2.62. The van der Waals surface area contributed by atoms with Gasteiger partial charge < -0.3 is 4.42 Å². The molecule has 3 atom stereocenters. The predicted octanol–water partition coefficient (Wildman–Crippen LogP) is 4.16. The van der Waals surface area contributed by atoms with E-state index in [9.17, 15) is 0 Å². The third-order valence-corrected chi connectivity index (χ3v) is 4.21. The van der Waals surface area contributed by atoms with Gasteiger partial charge in [-0.25, -0.2) is 0 Å². The zero-order chi connectivity index (χ0) is 9.42. The molecule has 3 unspecified atom stereocenters. The van der Waals surface area contributed by atoms with Crippen LogP contribution in [-0.2, 0) is 0 Å². The van der Waals surface area contributed by atoms with Gasteiger partial charge in [-0.2, -0.15) is 0 Å². The lowest BCUT2D eigenvalue weighted by atomic mass is 9.95. The molecule has 1 aromatic heterocycles. The third-order valence-electron chi connectivity index (χ3n) is 2.94. The van der Waals surface area contributed by atoms with Gasteiger partial charge in [0.05, 0.1) is 10.7 Å². The number of halogens is 2. The van der Waals surface area contributed by atoms with Crippen molar-refractivity contribution in [3.8, 4) is 0 Å². The molecule has 72 valence electrons. The zero-order valence-corrected chi connectivity index (χ0v) is 9.81. The maximum atomic E-state index is 6.17. The van der Waals surface area contributed by atoms with E-state index >= 15 is 0 Å². The Kier molecular flexibility index (Phi) is 2.70. The predicted molar refractivity (Wildman–Crippen MR) is 57.2 cm³/mol. The summed E-state index contributed by atoms with van der Waals surface area (Å²) in [6, 6.07) is 1.95. The minimum atomic E-state index is 0.307. The van der Waals surface area contributed by atoms with E-state index in [1.54, 1.807) is 6.26 Å². The topological polar surface area (TPSA) is 13.1 Å². The van der Waals surface area contributed by atoms with Gasteiger partial charge in [0.25, 0.3) is 0 Å². The van der Waals surface area contributed by atoms with Gasteiger partial charge in [0.15, 0.2) is 0 Å². The summed E-state index contributed by atoms with van der Waals surface area (Å²) in [7, 11) is 0. The van der Waals surface area contributed by atoms with Crippen molar-refractivity contribution in [2.24, 2.45) is 5.92 Å². The highest BCUT2D eigenvalue weighted by atomic mass is 79.9. The minimum Gasteiger partial charge on any atom is -0.468 e. The first-order chi connectivity index (χ1) is 6.20. The summed E-state index contributed by atoms with van der Waals surface area (Å²) in [6.45, 7) is 2.20. The Labute approximate surface area is 91.6 Å². The summed E-state index contributed by atoms with van der Waals surface area (Å²) < 4.78 is 6.54. The second kappa shape index (κ2) is 3.66. The van der Waals surface area contributed by atoms with E-state index < -0.39 is 0 Å². The van der Waals surface area contributed by atoms with Crippen LogP contribution >= 0.6 is 27.5 Å². The van der Waals surface area contributed by atoms with E-state index in [-0.39, 0.29) is 0 Å². The van der Waals surface area contributed by atoms with Gasteiger partial charge in [0.2, 0.25) is 0 Å². The fourth-order valence-corrected chi connectivity index (χ4v) is 2.85. The van der Waals surface area contributed by atoms with Crippen LogP contribution in [-0.4, -0.2) is 5.38 Å². The molecular formula is C10H12BrClO. The highest BCUT2D eigenvalue weighted by molar-refractivity contribution is 9.10. The molecule has 2 rings (SSSR count). The zero-order valence-electron chi connectivity index (χ0n) is 7.47. The average molecular weight is 264 g/mol. The SMILES string of the molecule is CC1C(Cl)CCC1c1occc1Br. The largest absolute Gasteiger partial charge is 0.468 e. The molecular weight excluding hydrogens is 251 g/mol. The van der Waals surface area contributed by atoms with Crippen molar-refractivity contribution < 1.29 is 4.42 Å². The van der Waals surface area contributed by atoms with E-state index in [4.69, 9.17) is 16.0 Å². The van der Waals surface area contributed by atoms with Crippen molar-refractivity contribution in [3.05, 3.63) is 22.6 Å². The minimum absolute atomic E-state index is 0.307. The van der Waals surface area contributed by atoms with Crippen molar-refractivity contribution in [3.63, 3.8) is 0 Å². The summed E-state index contributed by atoms with van der Waals surface area (Å²) in [5, 5.41) is 0.307. The van der Waals surface area contributed by atoms with Crippen molar-refractivity contribution in [2.75, 3.05) is 0 Å². The van der Waals surface area contributed by atoms with Crippen LogP contribution in [0.3, 0.4) is 0 Å². The molecule has 1 aliphatic rings. The van der Waals surface area contributed by atoms with Gasteiger partial charge in [-0.3, -0.25) is 0 Å². The molecule has 0 spiro atoms. The molecule has 0 amide bonds. The Balaban J connectivity index is 2.23. The number of hydrogen-bond acceptors (Lipinski definition) is 1. The lowest BCUT2D eigenvalue weighted by Crippen LogP contribution is -2.08. The van der Waals surface area contributed by atoms with Crippen molar-refractivity contribution in [2.45, 2.75) is 31.1 Å². The Bertz CT molecular complexity index is 297. The van der Waals surface area contributed by atoms with E-state index in [0.717, 1.165) is 23.1 Å². The molecule has 0 bridgehead atoms. The fourth-order valence-electron chi connectivity index (χ4n) is 2.06. The number of hydrogen-bond donors (Lipinski definition) is 0. The molecule has 0 saturated heterocycles. The van der Waals surface area contributed by atoms with Crippen molar-refractivity contribution in [1.82, 2.24) is 0 Å². The highest BCUT2D eigenvalue weighted by Crippen LogP contribution is 2.44. The second-order valence-electron chi connectivity index (χ2n) is 3.69. The van der Waals surface area contributed by atoms with Crippen LogP contribution in [0.25, 0.3) is 0 Å². The fraction of sp³-hybridized carbons (Fsp3) is 0.600. The molecule has 1 saturated carbocycles. The summed E-state index contributed by atoms with van der Waals surface area (Å²) in [6.07, 6.45) is 3.97. The van der Waals surface area contributed by atoms with Crippen LogP contribution in [0.15, 0.2) is 21.2 Å². The maximum Gasteiger partial charge on any atom is 0.121 e. The molecule has 13 heavy (non-hydrogen) atoms. The number of furan rings is 1. The summed E-state index contributed by atoms with van der Waals surface area (Å²) >= 11 is 9.66. The van der Waals surface area contributed by atoms with Gasteiger partial charge in [-0.1, -0.05) is 6.92 Å².